The first-order valence-corrected chi connectivity index (χ1v) is 7.66. The van der Waals surface area contributed by atoms with Crippen LogP contribution in [0.5, 0.6) is 0 Å². The third-order valence-corrected chi connectivity index (χ3v) is 3.72. The van der Waals surface area contributed by atoms with Crippen LogP contribution in [0.2, 0.25) is 5.02 Å². The Morgan fingerprint density at radius 1 is 1.24 bits per heavy atom. The van der Waals surface area contributed by atoms with E-state index in [1.165, 1.54) is 25.3 Å². The minimum Gasteiger partial charge on any atom is -0.467 e. The van der Waals surface area contributed by atoms with Gasteiger partial charge in [-0.05, 0) is 23.8 Å². The highest BCUT2D eigenvalue weighted by Gasteiger charge is 2.23. The minimum absolute atomic E-state index is 0.0826. The zero-order chi connectivity index (χ0) is 18.4. The predicted molar refractivity (Wildman–Crippen MR) is 91.5 cm³/mol. The minimum atomic E-state index is -0.932. The molecule has 0 radical (unpaired) electrons. The van der Waals surface area contributed by atoms with Gasteiger partial charge in [-0.2, -0.15) is 0 Å². The highest BCUT2D eigenvalue weighted by molar-refractivity contribution is 6.30. The number of rotatable bonds is 6. The number of benzene rings is 2. The summed E-state index contributed by atoms with van der Waals surface area (Å²) in [5, 5.41) is 13.9. The second-order valence-corrected chi connectivity index (χ2v) is 5.62. The van der Waals surface area contributed by atoms with E-state index in [4.69, 9.17) is 16.3 Å². The fourth-order valence-corrected chi connectivity index (χ4v) is 2.32. The molecule has 0 fully saturated rings. The van der Waals surface area contributed by atoms with Crippen molar-refractivity contribution in [3.8, 4) is 0 Å². The fourth-order valence-electron chi connectivity index (χ4n) is 2.19. The van der Waals surface area contributed by atoms with Crippen molar-refractivity contribution in [1.82, 2.24) is 5.32 Å². The Bertz CT molecular complexity index is 792. The number of hydrogen-bond acceptors (Lipinski definition) is 5. The molecule has 7 nitrogen and oxygen atoms in total. The molecule has 1 amide bonds. The van der Waals surface area contributed by atoms with E-state index in [0.717, 1.165) is 11.6 Å². The van der Waals surface area contributed by atoms with Crippen molar-refractivity contribution >= 4 is 29.2 Å². The van der Waals surface area contributed by atoms with Crippen LogP contribution in [0, 0.1) is 10.1 Å². The maximum Gasteiger partial charge on any atom is 0.328 e. The average Bonchev–Trinajstić information content (AvgIpc) is 2.62. The second kappa shape index (κ2) is 8.25. The van der Waals surface area contributed by atoms with Gasteiger partial charge in [-0.3, -0.25) is 14.9 Å². The van der Waals surface area contributed by atoms with Crippen LogP contribution in [0.3, 0.4) is 0 Å². The molecule has 0 unspecified atom stereocenters. The van der Waals surface area contributed by atoms with Crippen molar-refractivity contribution in [3.63, 3.8) is 0 Å². The van der Waals surface area contributed by atoms with Gasteiger partial charge in [0.05, 0.1) is 12.0 Å². The summed E-state index contributed by atoms with van der Waals surface area (Å²) in [6, 6.07) is 11.1. The van der Waals surface area contributed by atoms with Crippen molar-refractivity contribution in [1.29, 1.82) is 0 Å². The average molecular weight is 363 g/mol. The van der Waals surface area contributed by atoms with Crippen molar-refractivity contribution in [2.24, 2.45) is 0 Å². The van der Waals surface area contributed by atoms with Crippen molar-refractivity contribution in [2.75, 3.05) is 7.11 Å². The Morgan fingerprint density at radius 2 is 1.92 bits per heavy atom. The second-order valence-electron chi connectivity index (χ2n) is 5.19. The number of nitrogens with zero attached hydrogens (tertiary/aromatic N) is 1. The molecular formula is C17H15ClN2O5. The molecule has 0 aliphatic carbocycles. The molecule has 0 bridgehead atoms. The summed E-state index contributed by atoms with van der Waals surface area (Å²) in [6.07, 6.45) is 0.199. The zero-order valence-electron chi connectivity index (χ0n) is 13.3. The first-order valence-electron chi connectivity index (χ1n) is 7.28. The van der Waals surface area contributed by atoms with Gasteiger partial charge in [-0.1, -0.05) is 29.8 Å². The molecule has 2 rings (SSSR count). The standard InChI is InChI=1S/C17H15ClN2O5/c1-25-17(22)15(9-11-5-7-13(18)8-6-11)19-16(21)12-3-2-4-14(10-12)20(23)24/h2-8,10,15H,9H2,1H3,(H,19,21)/t15-/m0/s1. The van der Waals surface area contributed by atoms with Gasteiger partial charge in [0.25, 0.3) is 11.6 Å². The van der Waals surface area contributed by atoms with Gasteiger partial charge in [0.15, 0.2) is 0 Å². The number of halogens is 1. The van der Waals surface area contributed by atoms with Crippen molar-refractivity contribution < 1.29 is 19.2 Å². The summed E-state index contributed by atoms with van der Waals surface area (Å²) in [5.41, 5.74) is 0.651. The third-order valence-electron chi connectivity index (χ3n) is 3.46. The highest BCUT2D eigenvalue weighted by Crippen LogP contribution is 2.15. The van der Waals surface area contributed by atoms with Gasteiger partial charge in [-0.15, -0.1) is 0 Å². The van der Waals surface area contributed by atoms with Crippen LogP contribution in [-0.2, 0) is 16.0 Å². The van der Waals surface area contributed by atoms with E-state index in [2.05, 4.69) is 5.32 Å². The SMILES string of the molecule is COC(=O)[C@H](Cc1ccc(Cl)cc1)NC(=O)c1cccc([N+](=O)[O-])c1. The van der Waals surface area contributed by atoms with Crippen molar-refractivity contribution in [2.45, 2.75) is 12.5 Å². The Morgan fingerprint density at radius 3 is 2.52 bits per heavy atom. The van der Waals surface area contributed by atoms with Gasteiger partial charge in [0.1, 0.15) is 6.04 Å². The molecule has 2 aromatic carbocycles. The summed E-state index contributed by atoms with van der Waals surface area (Å²) >= 11 is 5.83. The molecule has 0 aliphatic heterocycles. The lowest BCUT2D eigenvalue weighted by molar-refractivity contribution is -0.384. The molecule has 0 saturated carbocycles. The number of hydrogen-bond donors (Lipinski definition) is 1. The summed E-state index contributed by atoms with van der Waals surface area (Å²) in [6.45, 7) is 0. The number of nitro groups is 1. The van der Waals surface area contributed by atoms with E-state index in [0.29, 0.717) is 5.02 Å². The number of carbonyl (C=O) groups is 2. The molecule has 0 spiro atoms. The molecule has 1 N–H and O–H groups in total. The Labute approximate surface area is 148 Å². The molecule has 8 heteroatoms. The van der Waals surface area contributed by atoms with Gasteiger partial charge in [0, 0.05) is 29.1 Å². The van der Waals surface area contributed by atoms with E-state index in [9.17, 15) is 19.7 Å². The van der Waals surface area contributed by atoms with Gasteiger partial charge in [0.2, 0.25) is 0 Å². The zero-order valence-corrected chi connectivity index (χ0v) is 14.0. The number of methoxy groups -OCH3 is 1. The summed E-state index contributed by atoms with van der Waals surface area (Å²) in [5.74, 6) is -1.22. The van der Waals surface area contributed by atoms with Crippen molar-refractivity contribution in [3.05, 3.63) is 74.8 Å². The van der Waals surface area contributed by atoms with Crippen LogP contribution in [0.15, 0.2) is 48.5 Å². The summed E-state index contributed by atoms with van der Waals surface area (Å²) in [4.78, 5) is 34.5. The van der Waals surface area contributed by atoms with Crippen LogP contribution in [-0.4, -0.2) is 30.0 Å². The van der Waals surface area contributed by atoms with Gasteiger partial charge in [-0.25, -0.2) is 4.79 Å². The van der Waals surface area contributed by atoms with Gasteiger partial charge >= 0.3 is 5.97 Å². The molecule has 0 saturated heterocycles. The highest BCUT2D eigenvalue weighted by atomic mass is 35.5. The van der Waals surface area contributed by atoms with Gasteiger partial charge < -0.3 is 10.1 Å². The Kier molecular flexibility index (Phi) is 6.08. The number of amides is 1. The first kappa shape index (κ1) is 18.4. The first-order chi connectivity index (χ1) is 11.9. The Balaban J connectivity index is 2.17. The molecule has 25 heavy (non-hydrogen) atoms. The Hall–Kier alpha value is -2.93. The number of nitro benzene ring substituents is 1. The molecule has 0 heterocycles. The summed E-state index contributed by atoms with van der Waals surface area (Å²) in [7, 11) is 1.22. The number of nitrogens with one attached hydrogen (secondary N) is 1. The van der Waals surface area contributed by atoms with E-state index in [1.54, 1.807) is 24.3 Å². The lowest BCUT2D eigenvalue weighted by Crippen LogP contribution is -2.43. The molecular weight excluding hydrogens is 348 g/mol. The number of ether oxygens (including phenoxy) is 1. The van der Waals surface area contributed by atoms with E-state index in [1.807, 2.05) is 0 Å². The molecule has 0 aromatic heterocycles. The normalized spacial score (nSPS) is 11.4. The van der Waals surface area contributed by atoms with Crippen LogP contribution < -0.4 is 5.32 Å². The van der Waals surface area contributed by atoms with E-state index >= 15 is 0 Å². The monoisotopic (exact) mass is 362 g/mol. The number of esters is 1. The predicted octanol–water partition coefficient (Wildman–Crippen LogP) is 2.76. The molecule has 130 valence electrons. The largest absolute Gasteiger partial charge is 0.467 e. The summed E-state index contributed by atoms with van der Waals surface area (Å²) < 4.78 is 4.72. The fraction of sp³-hybridized carbons (Fsp3) is 0.176. The van der Waals surface area contributed by atoms with Crippen LogP contribution >= 0.6 is 11.6 Å². The third kappa shape index (κ3) is 5.02. The topological polar surface area (TPSA) is 98.5 Å². The molecule has 1 atom stereocenters. The maximum absolute atomic E-state index is 12.3. The smallest absolute Gasteiger partial charge is 0.328 e. The lowest BCUT2D eigenvalue weighted by atomic mass is 10.1. The lowest BCUT2D eigenvalue weighted by Gasteiger charge is -2.16. The van der Waals surface area contributed by atoms with E-state index in [-0.39, 0.29) is 17.7 Å². The van der Waals surface area contributed by atoms with Crippen LogP contribution in [0.4, 0.5) is 5.69 Å². The van der Waals surface area contributed by atoms with Crippen LogP contribution in [0.25, 0.3) is 0 Å². The molecule has 2 aromatic rings. The maximum atomic E-state index is 12.3. The number of non-ortho nitro benzene ring substituents is 1. The van der Waals surface area contributed by atoms with Crippen LogP contribution in [0.1, 0.15) is 15.9 Å². The molecule has 0 aliphatic rings. The number of carbonyl (C=O) groups excluding carboxylic acids is 2. The van der Waals surface area contributed by atoms with E-state index < -0.39 is 22.8 Å². The quantitative estimate of drug-likeness (QED) is 0.484.